The van der Waals surface area contributed by atoms with Crippen LogP contribution in [-0.4, -0.2) is 18.8 Å². The standard InChI is InChI=1S/C11H16N2S/c12-10-2-1-3-11(6-10)14-8-9-4-5-13-7-9/h1-3,6,9,13H,4-5,7-8,12H2. The Morgan fingerprint density at radius 3 is 3.14 bits per heavy atom. The molecular weight excluding hydrogens is 192 g/mol. The molecule has 1 aliphatic heterocycles. The molecule has 3 heteroatoms. The zero-order chi connectivity index (χ0) is 9.80. The minimum atomic E-state index is 0.835. The maximum absolute atomic E-state index is 5.72. The van der Waals surface area contributed by atoms with Crippen molar-refractivity contribution in [2.24, 2.45) is 5.92 Å². The zero-order valence-electron chi connectivity index (χ0n) is 8.20. The Balaban J connectivity index is 1.85. The van der Waals surface area contributed by atoms with E-state index in [1.165, 1.54) is 30.2 Å². The van der Waals surface area contributed by atoms with Crippen LogP contribution >= 0.6 is 11.8 Å². The lowest BCUT2D eigenvalue weighted by Crippen LogP contribution is -2.10. The summed E-state index contributed by atoms with van der Waals surface area (Å²) in [6, 6.07) is 8.13. The van der Waals surface area contributed by atoms with E-state index in [0.29, 0.717) is 0 Å². The smallest absolute Gasteiger partial charge is 0.0325 e. The lowest BCUT2D eigenvalue weighted by Gasteiger charge is -2.07. The molecule has 1 saturated heterocycles. The molecule has 0 amide bonds. The number of anilines is 1. The lowest BCUT2D eigenvalue weighted by molar-refractivity contribution is 0.663. The van der Waals surface area contributed by atoms with E-state index < -0.39 is 0 Å². The third-order valence-electron chi connectivity index (χ3n) is 2.51. The molecule has 1 aromatic rings. The summed E-state index contributed by atoms with van der Waals surface area (Å²) in [7, 11) is 0. The van der Waals surface area contributed by atoms with Crippen molar-refractivity contribution in [1.29, 1.82) is 0 Å². The number of nitrogens with two attached hydrogens (primary N) is 1. The van der Waals surface area contributed by atoms with Gasteiger partial charge in [-0.3, -0.25) is 0 Å². The Hall–Kier alpha value is -0.670. The highest BCUT2D eigenvalue weighted by atomic mass is 32.2. The summed E-state index contributed by atoms with van der Waals surface area (Å²) in [5.41, 5.74) is 6.58. The molecule has 0 radical (unpaired) electrons. The summed E-state index contributed by atoms with van der Waals surface area (Å²) in [4.78, 5) is 1.29. The molecule has 1 heterocycles. The average molecular weight is 208 g/mol. The van der Waals surface area contributed by atoms with Crippen LogP contribution in [-0.2, 0) is 0 Å². The molecular formula is C11H16N2S. The summed E-state index contributed by atoms with van der Waals surface area (Å²) in [6.45, 7) is 2.36. The quantitative estimate of drug-likeness (QED) is 0.589. The number of hydrogen-bond acceptors (Lipinski definition) is 3. The van der Waals surface area contributed by atoms with Crippen LogP contribution in [0.15, 0.2) is 29.2 Å². The Morgan fingerprint density at radius 2 is 2.43 bits per heavy atom. The van der Waals surface area contributed by atoms with Gasteiger partial charge >= 0.3 is 0 Å². The fourth-order valence-electron chi connectivity index (χ4n) is 1.68. The summed E-state index contributed by atoms with van der Waals surface area (Å²) in [6.07, 6.45) is 1.31. The predicted octanol–water partition coefficient (Wildman–Crippen LogP) is 1.97. The number of rotatable bonds is 3. The second kappa shape index (κ2) is 4.71. The third-order valence-corrected chi connectivity index (χ3v) is 3.73. The second-order valence-electron chi connectivity index (χ2n) is 3.74. The first kappa shape index (κ1) is 9.87. The van der Waals surface area contributed by atoms with Gasteiger partial charge in [0, 0.05) is 16.3 Å². The van der Waals surface area contributed by atoms with E-state index in [0.717, 1.165) is 11.6 Å². The van der Waals surface area contributed by atoms with Crippen molar-refractivity contribution >= 4 is 17.4 Å². The van der Waals surface area contributed by atoms with Gasteiger partial charge in [-0.2, -0.15) is 0 Å². The summed E-state index contributed by atoms with van der Waals surface area (Å²) in [5, 5.41) is 3.38. The molecule has 0 spiro atoms. The largest absolute Gasteiger partial charge is 0.399 e. The van der Waals surface area contributed by atoms with Gasteiger partial charge in [0.05, 0.1) is 0 Å². The van der Waals surface area contributed by atoms with E-state index in [1.807, 2.05) is 30.0 Å². The van der Waals surface area contributed by atoms with Crippen molar-refractivity contribution < 1.29 is 0 Å². The summed E-state index contributed by atoms with van der Waals surface area (Å²) >= 11 is 1.91. The monoisotopic (exact) mass is 208 g/mol. The normalized spacial score (nSPS) is 21.3. The van der Waals surface area contributed by atoms with Crippen molar-refractivity contribution in [3.8, 4) is 0 Å². The van der Waals surface area contributed by atoms with E-state index in [9.17, 15) is 0 Å². The van der Waals surface area contributed by atoms with Crippen LogP contribution in [0, 0.1) is 5.92 Å². The summed E-state index contributed by atoms with van der Waals surface area (Å²) < 4.78 is 0. The first-order valence-electron chi connectivity index (χ1n) is 5.03. The number of hydrogen-bond donors (Lipinski definition) is 2. The van der Waals surface area contributed by atoms with Gasteiger partial charge in [-0.1, -0.05) is 6.07 Å². The van der Waals surface area contributed by atoms with E-state index in [1.54, 1.807) is 0 Å². The summed E-state index contributed by atoms with van der Waals surface area (Å²) in [5.74, 6) is 2.04. The molecule has 76 valence electrons. The van der Waals surface area contributed by atoms with Crippen molar-refractivity contribution in [1.82, 2.24) is 5.32 Å². The molecule has 1 atom stereocenters. The van der Waals surface area contributed by atoms with Crippen LogP contribution in [0.2, 0.25) is 0 Å². The number of thioether (sulfide) groups is 1. The number of nitrogens with one attached hydrogen (secondary N) is 1. The molecule has 0 aromatic heterocycles. The van der Waals surface area contributed by atoms with E-state index in [-0.39, 0.29) is 0 Å². The van der Waals surface area contributed by atoms with Gasteiger partial charge in [0.2, 0.25) is 0 Å². The molecule has 3 N–H and O–H groups in total. The van der Waals surface area contributed by atoms with E-state index >= 15 is 0 Å². The van der Waals surface area contributed by atoms with E-state index in [2.05, 4.69) is 11.4 Å². The Morgan fingerprint density at radius 1 is 1.50 bits per heavy atom. The van der Waals surface area contributed by atoms with Crippen LogP contribution in [0.25, 0.3) is 0 Å². The molecule has 0 saturated carbocycles. The first-order chi connectivity index (χ1) is 6.84. The first-order valence-corrected chi connectivity index (χ1v) is 6.02. The van der Waals surface area contributed by atoms with Gasteiger partial charge in [-0.05, 0) is 43.6 Å². The minimum Gasteiger partial charge on any atom is -0.399 e. The maximum atomic E-state index is 5.72. The molecule has 14 heavy (non-hydrogen) atoms. The lowest BCUT2D eigenvalue weighted by atomic mass is 10.2. The van der Waals surface area contributed by atoms with Crippen LogP contribution in [0.5, 0.6) is 0 Å². The topological polar surface area (TPSA) is 38.0 Å². The highest BCUT2D eigenvalue weighted by Crippen LogP contribution is 2.24. The maximum Gasteiger partial charge on any atom is 0.0325 e. The second-order valence-corrected chi connectivity index (χ2v) is 4.84. The number of nitrogen functional groups attached to an aromatic ring is 1. The van der Waals surface area contributed by atoms with Gasteiger partial charge in [0.25, 0.3) is 0 Å². The highest BCUT2D eigenvalue weighted by molar-refractivity contribution is 7.99. The zero-order valence-corrected chi connectivity index (χ0v) is 9.02. The van der Waals surface area contributed by atoms with Crippen molar-refractivity contribution in [3.63, 3.8) is 0 Å². The molecule has 1 unspecified atom stereocenters. The molecule has 1 aliphatic rings. The molecule has 2 rings (SSSR count). The van der Waals surface area contributed by atoms with Gasteiger partial charge in [0.15, 0.2) is 0 Å². The highest BCUT2D eigenvalue weighted by Gasteiger charge is 2.14. The molecule has 1 aromatic carbocycles. The third kappa shape index (κ3) is 2.66. The van der Waals surface area contributed by atoms with Crippen LogP contribution in [0.1, 0.15) is 6.42 Å². The minimum absolute atomic E-state index is 0.835. The van der Waals surface area contributed by atoms with Crippen LogP contribution in [0.3, 0.4) is 0 Å². The van der Waals surface area contributed by atoms with Crippen LogP contribution in [0.4, 0.5) is 5.69 Å². The molecule has 0 bridgehead atoms. The van der Waals surface area contributed by atoms with Gasteiger partial charge in [0.1, 0.15) is 0 Å². The Kier molecular flexibility index (Phi) is 3.32. The average Bonchev–Trinajstić information content (AvgIpc) is 2.67. The molecule has 2 nitrogen and oxygen atoms in total. The SMILES string of the molecule is Nc1cccc(SCC2CCNC2)c1. The predicted molar refractivity (Wildman–Crippen MR) is 62.6 cm³/mol. The molecule has 0 aliphatic carbocycles. The van der Waals surface area contributed by atoms with Crippen molar-refractivity contribution in [2.75, 3.05) is 24.6 Å². The Labute approximate surface area is 89.3 Å². The van der Waals surface area contributed by atoms with Gasteiger partial charge in [-0.15, -0.1) is 11.8 Å². The fraction of sp³-hybridized carbons (Fsp3) is 0.455. The fourth-order valence-corrected chi connectivity index (χ4v) is 2.78. The van der Waals surface area contributed by atoms with Gasteiger partial charge < -0.3 is 11.1 Å². The number of benzene rings is 1. The van der Waals surface area contributed by atoms with E-state index in [4.69, 9.17) is 5.73 Å². The van der Waals surface area contributed by atoms with Crippen molar-refractivity contribution in [2.45, 2.75) is 11.3 Å². The van der Waals surface area contributed by atoms with Crippen LogP contribution < -0.4 is 11.1 Å². The molecule has 1 fully saturated rings. The Bertz CT molecular complexity index is 295. The van der Waals surface area contributed by atoms with Gasteiger partial charge in [-0.25, -0.2) is 0 Å². The van der Waals surface area contributed by atoms with Crippen molar-refractivity contribution in [3.05, 3.63) is 24.3 Å².